The second-order valence-electron chi connectivity index (χ2n) is 4.98. The van der Waals surface area contributed by atoms with Crippen molar-refractivity contribution in [3.05, 3.63) is 51.0 Å². The van der Waals surface area contributed by atoms with E-state index in [9.17, 15) is 0 Å². The lowest BCUT2D eigenvalue weighted by atomic mass is 10.1. The number of aryl methyl sites for hydroxylation is 2. The van der Waals surface area contributed by atoms with Gasteiger partial charge in [-0.05, 0) is 31.9 Å². The predicted molar refractivity (Wildman–Crippen MR) is 84.0 cm³/mol. The molecule has 1 atom stereocenters. The largest absolute Gasteiger partial charge is 0.380 e. The summed E-state index contributed by atoms with van der Waals surface area (Å²) < 4.78 is 5.24. The fourth-order valence-corrected chi connectivity index (χ4v) is 3.25. The number of rotatable bonds is 6. The van der Waals surface area contributed by atoms with Gasteiger partial charge in [-0.3, -0.25) is 0 Å². The number of hydrogen-bond acceptors (Lipinski definition) is 4. The van der Waals surface area contributed by atoms with Gasteiger partial charge >= 0.3 is 0 Å². The van der Waals surface area contributed by atoms with Crippen LogP contribution < -0.4 is 5.32 Å². The third-order valence-corrected chi connectivity index (χ3v) is 4.27. The van der Waals surface area contributed by atoms with E-state index in [2.05, 4.69) is 55.3 Å². The van der Waals surface area contributed by atoms with E-state index < -0.39 is 0 Å². The molecule has 1 unspecified atom stereocenters. The van der Waals surface area contributed by atoms with Crippen molar-refractivity contribution in [2.45, 2.75) is 40.0 Å². The molecule has 0 saturated carbocycles. The number of aromatic nitrogens is 1. The highest BCUT2D eigenvalue weighted by Crippen LogP contribution is 2.23. The van der Waals surface area contributed by atoms with E-state index in [1.807, 2.05) is 0 Å². The Hall–Kier alpha value is -1.23. The molecule has 0 fully saturated rings. The molecule has 0 saturated heterocycles. The van der Waals surface area contributed by atoms with E-state index in [-0.39, 0.29) is 6.04 Å². The highest BCUT2D eigenvalue weighted by atomic mass is 32.1. The molecule has 1 aromatic heterocycles. The Labute approximate surface area is 125 Å². The number of benzene rings is 1. The van der Waals surface area contributed by atoms with Crippen molar-refractivity contribution < 1.29 is 4.74 Å². The van der Waals surface area contributed by atoms with Crippen molar-refractivity contribution in [2.75, 3.05) is 7.11 Å². The van der Waals surface area contributed by atoms with Gasteiger partial charge in [0, 0.05) is 24.6 Å². The Kier molecular flexibility index (Phi) is 5.29. The monoisotopic (exact) mass is 290 g/mol. The van der Waals surface area contributed by atoms with Gasteiger partial charge in [-0.1, -0.05) is 24.3 Å². The molecule has 1 heterocycles. The lowest BCUT2D eigenvalue weighted by Crippen LogP contribution is -2.20. The molecule has 108 valence electrons. The van der Waals surface area contributed by atoms with Crippen LogP contribution in [0.15, 0.2) is 24.3 Å². The first-order chi connectivity index (χ1) is 9.61. The summed E-state index contributed by atoms with van der Waals surface area (Å²) in [5, 5.41) is 4.69. The van der Waals surface area contributed by atoms with Gasteiger partial charge in [-0.2, -0.15) is 0 Å². The maximum absolute atomic E-state index is 5.24. The molecule has 3 nitrogen and oxygen atoms in total. The third kappa shape index (κ3) is 3.66. The van der Waals surface area contributed by atoms with Gasteiger partial charge in [0.15, 0.2) is 0 Å². The van der Waals surface area contributed by atoms with Crippen molar-refractivity contribution in [1.29, 1.82) is 0 Å². The molecule has 0 aliphatic carbocycles. The highest BCUT2D eigenvalue weighted by Gasteiger charge is 2.13. The molecule has 20 heavy (non-hydrogen) atoms. The van der Waals surface area contributed by atoms with E-state index in [0.717, 1.165) is 17.2 Å². The lowest BCUT2D eigenvalue weighted by molar-refractivity contribution is 0.184. The summed E-state index contributed by atoms with van der Waals surface area (Å²) >= 11 is 1.76. The van der Waals surface area contributed by atoms with Crippen molar-refractivity contribution in [3.8, 4) is 0 Å². The van der Waals surface area contributed by atoms with Crippen molar-refractivity contribution >= 4 is 11.3 Å². The van der Waals surface area contributed by atoms with Gasteiger partial charge in [0.1, 0.15) is 0 Å². The summed E-state index contributed by atoms with van der Waals surface area (Å²) in [6.07, 6.45) is 0. The maximum Gasteiger partial charge on any atom is 0.0900 e. The molecular weight excluding hydrogens is 268 g/mol. The second-order valence-corrected chi connectivity index (χ2v) is 6.39. The first-order valence-corrected chi connectivity index (χ1v) is 7.66. The van der Waals surface area contributed by atoms with Crippen molar-refractivity contribution in [2.24, 2.45) is 0 Å². The summed E-state index contributed by atoms with van der Waals surface area (Å²) in [4.78, 5) is 5.91. The minimum Gasteiger partial charge on any atom is -0.380 e. The van der Waals surface area contributed by atoms with Gasteiger partial charge in [0.25, 0.3) is 0 Å². The van der Waals surface area contributed by atoms with Crippen LogP contribution in [-0.2, 0) is 17.9 Å². The van der Waals surface area contributed by atoms with Crippen LogP contribution in [0.2, 0.25) is 0 Å². The van der Waals surface area contributed by atoms with Crippen LogP contribution in [0.4, 0.5) is 0 Å². The maximum atomic E-state index is 5.24. The number of ether oxygens (including phenoxy) is 1. The van der Waals surface area contributed by atoms with E-state index in [0.29, 0.717) is 6.61 Å². The molecule has 1 aromatic carbocycles. The minimum absolute atomic E-state index is 0.260. The molecular formula is C16H22N2OS. The molecule has 0 radical (unpaired) electrons. The van der Waals surface area contributed by atoms with Crippen LogP contribution in [0.25, 0.3) is 0 Å². The van der Waals surface area contributed by atoms with Crippen LogP contribution in [-0.4, -0.2) is 12.1 Å². The molecule has 2 aromatic rings. The minimum atomic E-state index is 0.260. The number of thiazole rings is 1. The number of nitrogens with zero attached hydrogens (tertiary/aromatic N) is 1. The summed E-state index contributed by atoms with van der Waals surface area (Å²) in [7, 11) is 1.73. The van der Waals surface area contributed by atoms with Crippen LogP contribution >= 0.6 is 11.3 Å². The molecule has 0 aliphatic heterocycles. The van der Waals surface area contributed by atoms with E-state index in [1.54, 1.807) is 18.4 Å². The molecule has 4 heteroatoms. The van der Waals surface area contributed by atoms with Gasteiger partial charge < -0.3 is 10.1 Å². The zero-order valence-electron chi connectivity index (χ0n) is 12.6. The van der Waals surface area contributed by atoms with Crippen LogP contribution in [0.5, 0.6) is 0 Å². The molecule has 0 bridgehead atoms. The summed E-state index contributed by atoms with van der Waals surface area (Å²) in [5.74, 6) is 0. The molecule has 0 spiro atoms. The Morgan fingerprint density at radius 2 is 1.95 bits per heavy atom. The fourth-order valence-electron chi connectivity index (χ4n) is 2.33. The SMILES string of the molecule is COCc1ccccc1CNC(C)c1nc(C)sc1C. The first-order valence-electron chi connectivity index (χ1n) is 6.85. The van der Waals surface area contributed by atoms with Crippen LogP contribution in [0.1, 0.15) is 39.7 Å². The van der Waals surface area contributed by atoms with E-state index >= 15 is 0 Å². The summed E-state index contributed by atoms with van der Waals surface area (Å²) in [6.45, 7) is 7.84. The zero-order chi connectivity index (χ0) is 14.5. The van der Waals surface area contributed by atoms with E-state index in [4.69, 9.17) is 4.74 Å². The molecule has 2 rings (SSSR count). The average Bonchev–Trinajstić information content (AvgIpc) is 2.77. The van der Waals surface area contributed by atoms with E-state index in [1.165, 1.54) is 16.0 Å². The van der Waals surface area contributed by atoms with Gasteiger partial charge in [-0.15, -0.1) is 11.3 Å². The van der Waals surface area contributed by atoms with Crippen LogP contribution in [0, 0.1) is 13.8 Å². The Morgan fingerprint density at radius 1 is 1.25 bits per heavy atom. The fraction of sp³-hybridized carbons (Fsp3) is 0.438. The van der Waals surface area contributed by atoms with Gasteiger partial charge in [0.2, 0.25) is 0 Å². The quantitative estimate of drug-likeness (QED) is 0.879. The first kappa shape index (κ1) is 15.2. The Balaban J connectivity index is 2.03. The van der Waals surface area contributed by atoms with Crippen molar-refractivity contribution in [1.82, 2.24) is 10.3 Å². The lowest BCUT2D eigenvalue weighted by Gasteiger charge is -2.15. The molecule has 0 amide bonds. The summed E-state index contributed by atoms with van der Waals surface area (Å²) in [5.41, 5.74) is 3.68. The standard InChI is InChI=1S/C16H22N2OS/c1-11(16-12(2)20-13(3)18-16)17-9-14-7-5-6-8-15(14)10-19-4/h5-8,11,17H,9-10H2,1-4H3. The molecule has 0 aliphatic rings. The summed E-state index contributed by atoms with van der Waals surface area (Å²) in [6, 6.07) is 8.64. The topological polar surface area (TPSA) is 34.1 Å². The average molecular weight is 290 g/mol. The smallest absolute Gasteiger partial charge is 0.0900 e. The number of hydrogen-bond donors (Lipinski definition) is 1. The third-order valence-electron chi connectivity index (χ3n) is 3.37. The van der Waals surface area contributed by atoms with Gasteiger partial charge in [-0.25, -0.2) is 4.98 Å². The number of methoxy groups -OCH3 is 1. The normalized spacial score (nSPS) is 12.6. The second kappa shape index (κ2) is 6.97. The molecule has 1 N–H and O–H groups in total. The predicted octanol–water partition coefficient (Wildman–Crippen LogP) is 3.76. The van der Waals surface area contributed by atoms with Gasteiger partial charge in [0.05, 0.1) is 17.3 Å². The zero-order valence-corrected chi connectivity index (χ0v) is 13.4. The Bertz CT molecular complexity index is 565. The highest BCUT2D eigenvalue weighted by molar-refractivity contribution is 7.11. The van der Waals surface area contributed by atoms with Crippen molar-refractivity contribution in [3.63, 3.8) is 0 Å². The Morgan fingerprint density at radius 3 is 2.55 bits per heavy atom. The number of nitrogens with one attached hydrogen (secondary N) is 1. The van der Waals surface area contributed by atoms with Crippen LogP contribution in [0.3, 0.4) is 0 Å².